The maximum Gasteiger partial charge on any atom is -0.0146 e. The van der Waals surface area contributed by atoms with Gasteiger partial charge >= 0.3 is 0 Å². The molecule has 13 heavy (non-hydrogen) atoms. The Morgan fingerprint density at radius 1 is 1.31 bits per heavy atom. The van der Waals surface area contributed by atoms with Gasteiger partial charge in [-0.2, -0.15) is 0 Å². The van der Waals surface area contributed by atoms with Crippen molar-refractivity contribution in [3.05, 3.63) is 12.2 Å². The fourth-order valence-corrected chi connectivity index (χ4v) is 3.46. The van der Waals surface area contributed by atoms with Gasteiger partial charge in [0.2, 0.25) is 0 Å². The van der Waals surface area contributed by atoms with E-state index in [1.807, 2.05) is 0 Å². The molecule has 0 heteroatoms. The highest BCUT2D eigenvalue weighted by molar-refractivity contribution is 5.22. The molecule has 0 aliphatic heterocycles. The molecule has 0 aromatic rings. The molecule has 0 aromatic heterocycles. The van der Waals surface area contributed by atoms with Gasteiger partial charge in [0.15, 0.2) is 0 Å². The van der Waals surface area contributed by atoms with Gasteiger partial charge in [-0.1, -0.05) is 39.8 Å². The second-order valence-electron chi connectivity index (χ2n) is 5.97. The van der Waals surface area contributed by atoms with E-state index in [0.29, 0.717) is 5.41 Å². The summed E-state index contributed by atoms with van der Waals surface area (Å²) in [6.45, 7) is 13.9. The second kappa shape index (κ2) is 2.62. The van der Waals surface area contributed by atoms with Crippen LogP contribution in [0.1, 0.15) is 40.5 Å². The van der Waals surface area contributed by atoms with Gasteiger partial charge in [-0.15, -0.1) is 0 Å². The molecular formula is C13H22. The SMILES string of the molecule is C=C1[C@H]2C[C@@H](C[C@@H]1C(C)C)C2(C)C. The van der Waals surface area contributed by atoms with Crippen LogP contribution in [0.2, 0.25) is 0 Å². The van der Waals surface area contributed by atoms with Gasteiger partial charge in [-0.05, 0) is 41.9 Å². The first-order chi connectivity index (χ1) is 5.94. The normalized spacial score (nSPS) is 41.9. The lowest BCUT2D eigenvalue weighted by molar-refractivity contribution is -0.0539. The van der Waals surface area contributed by atoms with E-state index in [0.717, 1.165) is 23.7 Å². The molecule has 3 rings (SSSR count). The lowest BCUT2D eigenvalue weighted by Crippen LogP contribution is -2.52. The van der Waals surface area contributed by atoms with E-state index in [9.17, 15) is 0 Å². The third-order valence-electron chi connectivity index (χ3n) is 4.74. The molecule has 0 unspecified atom stereocenters. The van der Waals surface area contributed by atoms with Gasteiger partial charge in [0.05, 0.1) is 0 Å². The number of hydrogen-bond acceptors (Lipinski definition) is 0. The van der Waals surface area contributed by atoms with E-state index >= 15 is 0 Å². The quantitative estimate of drug-likeness (QED) is 0.534. The molecule has 3 saturated carbocycles. The largest absolute Gasteiger partial charge is 0.0993 e. The Kier molecular flexibility index (Phi) is 1.87. The van der Waals surface area contributed by atoms with E-state index in [-0.39, 0.29) is 0 Å². The summed E-state index contributed by atoms with van der Waals surface area (Å²) in [5, 5.41) is 0. The first kappa shape index (κ1) is 9.30. The van der Waals surface area contributed by atoms with Crippen molar-refractivity contribution in [2.45, 2.75) is 40.5 Å². The van der Waals surface area contributed by atoms with E-state index in [2.05, 4.69) is 34.3 Å². The Morgan fingerprint density at radius 2 is 1.92 bits per heavy atom. The summed E-state index contributed by atoms with van der Waals surface area (Å²) in [5.74, 6) is 3.43. The molecule has 3 aliphatic rings. The monoisotopic (exact) mass is 178 g/mol. The van der Waals surface area contributed by atoms with E-state index in [4.69, 9.17) is 0 Å². The Hall–Kier alpha value is -0.260. The minimum atomic E-state index is 0.572. The van der Waals surface area contributed by atoms with Crippen LogP contribution in [0, 0.1) is 29.1 Å². The Morgan fingerprint density at radius 3 is 2.31 bits per heavy atom. The van der Waals surface area contributed by atoms with Crippen molar-refractivity contribution < 1.29 is 0 Å². The minimum absolute atomic E-state index is 0.572. The molecular weight excluding hydrogens is 156 g/mol. The number of rotatable bonds is 1. The standard InChI is InChI=1S/C13H22/c1-8(2)11-6-10-7-12(9(11)3)13(10,4)5/h8,10-12H,3,6-7H2,1-2,4-5H3/t10-,11-,12-/m1/s1. The Balaban J connectivity index is 2.17. The van der Waals surface area contributed by atoms with Crippen molar-refractivity contribution in [3.8, 4) is 0 Å². The summed E-state index contributed by atoms with van der Waals surface area (Å²) in [6.07, 6.45) is 2.83. The van der Waals surface area contributed by atoms with E-state index < -0.39 is 0 Å². The summed E-state index contributed by atoms with van der Waals surface area (Å²) in [5.41, 5.74) is 2.13. The molecule has 3 fully saturated rings. The predicted molar refractivity (Wildman–Crippen MR) is 57.5 cm³/mol. The molecule has 0 heterocycles. The molecule has 0 spiro atoms. The zero-order chi connectivity index (χ0) is 9.80. The van der Waals surface area contributed by atoms with Crippen LogP contribution in [0.25, 0.3) is 0 Å². The van der Waals surface area contributed by atoms with E-state index in [1.165, 1.54) is 12.8 Å². The fraction of sp³-hybridized carbons (Fsp3) is 0.846. The molecule has 3 aliphatic carbocycles. The maximum atomic E-state index is 4.33. The number of hydrogen-bond donors (Lipinski definition) is 0. The molecule has 74 valence electrons. The van der Waals surface area contributed by atoms with Crippen molar-refractivity contribution >= 4 is 0 Å². The zero-order valence-electron chi connectivity index (χ0n) is 9.43. The first-order valence-corrected chi connectivity index (χ1v) is 5.63. The van der Waals surface area contributed by atoms with Gasteiger partial charge in [-0.25, -0.2) is 0 Å². The average molecular weight is 178 g/mol. The molecule has 0 saturated heterocycles. The summed E-state index contributed by atoms with van der Waals surface area (Å²) in [6, 6.07) is 0. The third kappa shape index (κ3) is 1.11. The molecule has 0 radical (unpaired) electrons. The lowest BCUT2D eigenvalue weighted by atomic mass is 9.44. The smallest absolute Gasteiger partial charge is 0.0146 e. The summed E-state index contributed by atoms with van der Waals surface area (Å²) in [4.78, 5) is 0. The van der Waals surface area contributed by atoms with Crippen molar-refractivity contribution in [1.29, 1.82) is 0 Å². The fourth-order valence-electron chi connectivity index (χ4n) is 3.46. The summed E-state index contributed by atoms with van der Waals surface area (Å²) >= 11 is 0. The molecule has 0 aromatic carbocycles. The van der Waals surface area contributed by atoms with Gasteiger partial charge < -0.3 is 0 Å². The minimum Gasteiger partial charge on any atom is -0.0993 e. The molecule has 0 N–H and O–H groups in total. The van der Waals surface area contributed by atoms with Gasteiger partial charge in [0.25, 0.3) is 0 Å². The van der Waals surface area contributed by atoms with Crippen molar-refractivity contribution in [2.75, 3.05) is 0 Å². The topological polar surface area (TPSA) is 0 Å². The van der Waals surface area contributed by atoms with Crippen LogP contribution in [0.4, 0.5) is 0 Å². The van der Waals surface area contributed by atoms with Crippen molar-refractivity contribution in [2.24, 2.45) is 29.1 Å². The van der Waals surface area contributed by atoms with Crippen LogP contribution in [0.15, 0.2) is 12.2 Å². The maximum absolute atomic E-state index is 4.33. The third-order valence-corrected chi connectivity index (χ3v) is 4.74. The van der Waals surface area contributed by atoms with Crippen LogP contribution < -0.4 is 0 Å². The van der Waals surface area contributed by atoms with Gasteiger partial charge in [-0.3, -0.25) is 0 Å². The first-order valence-electron chi connectivity index (χ1n) is 5.63. The number of fused-ring (bicyclic) bond motifs is 2. The predicted octanol–water partition coefficient (Wildman–Crippen LogP) is 3.88. The van der Waals surface area contributed by atoms with Gasteiger partial charge in [0.1, 0.15) is 0 Å². The summed E-state index contributed by atoms with van der Waals surface area (Å²) in [7, 11) is 0. The van der Waals surface area contributed by atoms with Gasteiger partial charge in [0, 0.05) is 0 Å². The average Bonchev–Trinajstić information content (AvgIpc) is 2.02. The highest BCUT2D eigenvalue weighted by Gasteiger charge is 2.54. The lowest BCUT2D eigenvalue weighted by Gasteiger charge is -2.60. The molecule has 2 bridgehead atoms. The van der Waals surface area contributed by atoms with Crippen LogP contribution in [-0.2, 0) is 0 Å². The van der Waals surface area contributed by atoms with Crippen molar-refractivity contribution in [3.63, 3.8) is 0 Å². The highest BCUT2D eigenvalue weighted by Crippen LogP contribution is 2.63. The zero-order valence-corrected chi connectivity index (χ0v) is 9.43. The summed E-state index contributed by atoms with van der Waals surface area (Å²) < 4.78 is 0. The van der Waals surface area contributed by atoms with Crippen molar-refractivity contribution in [1.82, 2.24) is 0 Å². The second-order valence-corrected chi connectivity index (χ2v) is 5.97. The highest BCUT2D eigenvalue weighted by atomic mass is 14.6. The Bertz CT molecular complexity index is 230. The van der Waals surface area contributed by atoms with Crippen LogP contribution in [-0.4, -0.2) is 0 Å². The Labute approximate surface area is 82.4 Å². The molecule has 0 nitrogen and oxygen atoms in total. The molecule has 0 amide bonds. The molecule has 3 atom stereocenters. The van der Waals surface area contributed by atoms with Crippen LogP contribution in [0.5, 0.6) is 0 Å². The van der Waals surface area contributed by atoms with E-state index in [1.54, 1.807) is 5.57 Å². The van der Waals surface area contributed by atoms with Crippen LogP contribution >= 0.6 is 0 Å². The number of allylic oxidation sites excluding steroid dienone is 1. The van der Waals surface area contributed by atoms with Crippen LogP contribution in [0.3, 0.4) is 0 Å².